The molecule has 0 radical (unpaired) electrons. The van der Waals surface area contributed by atoms with E-state index in [-0.39, 0.29) is 12.5 Å². The van der Waals surface area contributed by atoms with Crippen molar-refractivity contribution in [3.8, 4) is 17.3 Å². The maximum absolute atomic E-state index is 11.8. The van der Waals surface area contributed by atoms with Crippen LogP contribution in [0, 0.1) is 14.9 Å². The number of hydrogen-bond acceptors (Lipinski definition) is 4. The minimum absolute atomic E-state index is 0.00556. The van der Waals surface area contributed by atoms with Gasteiger partial charge in [0.25, 0.3) is 5.91 Å². The van der Waals surface area contributed by atoms with Crippen molar-refractivity contribution in [3.63, 3.8) is 0 Å². The Bertz CT molecular complexity index is 947. The number of aromatic nitrogens is 2. The molecule has 1 N–H and O–H groups in total. The molecule has 3 rings (SSSR count). The van der Waals surface area contributed by atoms with Crippen molar-refractivity contribution in [2.75, 3.05) is 6.54 Å². The van der Waals surface area contributed by atoms with Gasteiger partial charge in [-0.3, -0.25) is 4.79 Å². The number of amides is 1. The third kappa shape index (κ3) is 4.64. The second-order valence-electron chi connectivity index (χ2n) is 5.58. The lowest BCUT2D eigenvalue weighted by atomic mass is 10.1. The van der Waals surface area contributed by atoms with Crippen LogP contribution in [-0.2, 0) is 6.42 Å². The molecule has 0 fully saturated rings. The van der Waals surface area contributed by atoms with E-state index in [1.807, 2.05) is 24.3 Å². The molecule has 1 aromatic heterocycles. The fourth-order valence-corrected chi connectivity index (χ4v) is 2.80. The summed E-state index contributed by atoms with van der Waals surface area (Å²) in [6.07, 6.45) is 2.41. The molecule has 0 saturated carbocycles. The van der Waals surface area contributed by atoms with E-state index in [9.17, 15) is 4.79 Å². The molecule has 2 aromatic carbocycles. The van der Waals surface area contributed by atoms with Crippen LogP contribution in [0.2, 0.25) is 0 Å². The van der Waals surface area contributed by atoms with Crippen molar-refractivity contribution < 1.29 is 4.79 Å². The first-order valence-electron chi connectivity index (χ1n) is 7.97. The molecule has 6 heteroatoms. The summed E-state index contributed by atoms with van der Waals surface area (Å²) in [5.41, 5.74) is 3.39. The molecular weight excluding hydrogens is 439 g/mol. The third-order valence-corrected chi connectivity index (χ3v) is 4.47. The van der Waals surface area contributed by atoms with Crippen molar-refractivity contribution in [2.24, 2.45) is 0 Å². The van der Waals surface area contributed by atoms with Gasteiger partial charge in [-0.15, -0.1) is 0 Å². The van der Waals surface area contributed by atoms with Crippen molar-refractivity contribution in [3.05, 3.63) is 81.3 Å². The van der Waals surface area contributed by atoms with Crippen LogP contribution in [0.3, 0.4) is 0 Å². The SMILES string of the molecule is N#CCNC(=O)c1ccc(-c2ccnc(Cc3ccc(I)cc3)n2)cc1. The quantitative estimate of drug-likeness (QED) is 0.472. The summed E-state index contributed by atoms with van der Waals surface area (Å²) in [5, 5.41) is 11.0. The Morgan fingerprint density at radius 3 is 2.50 bits per heavy atom. The molecule has 1 heterocycles. The van der Waals surface area contributed by atoms with Crippen LogP contribution >= 0.6 is 22.6 Å². The van der Waals surface area contributed by atoms with Gasteiger partial charge in [-0.1, -0.05) is 24.3 Å². The highest BCUT2D eigenvalue weighted by Gasteiger charge is 2.07. The van der Waals surface area contributed by atoms with Gasteiger partial charge in [0.2, 0.25) is 0 Å². The lowest BCUT2D eigenvalue weighted by molar-refractivity contribution is 0.0958. The molecule has 0 aliphatic carbocycles. The molecule has 0 bridgehead atoms. The van der Waals surface area contributed by atoms with Gasteiger partial charge >= 0.3 is 0 Å². The van der Waals surface area contributed by atoms with Crippen molar-refractivity contribution in [1.82, 2.24) is 15.3 Å². The number of halogens is 1. The summed E-state index contributed by atoms with van der Waals surface area (Å²) in [4.78, 5) is 20.8. The number of carbonyl (C=O) groups excluding carboxylic acids is 1. The fourth-order valence-electron chi connectivity index (χ4n) is 2.44. The first-order valence-corrected chi connectivity index (χ1v) is 9.05. The maximum atomic E-state index is 11.8. The predicted octanol–water partition coefficient (Wildman–Crippen LogP) is 3.59. The van der Waals surface area contributed by atoms with E-state index < -0.39 is 0 Å². The normalized spacial score (nSPS) is 10.2. The average molecular weight is 454 g/mol. The Morgan fingerprint density at radius 2 is 1.81 bits per heavy atom. The van der Waals surface area contributed by atoms with E-state index in [1.54, 1.807) is 18.3 Å². The molecular formula is C20H15IN4O. The molecule has 0 unspecified atom stereocenters. The highest BCUT2D eigenvalue weighted by Crippen LogP contribution is 2.18. The summed E-state index contributed by atoms with van der Waals surface area (Å²) < 4.78 is 1.19. The van der Waals surface area contributed by atoms with Gasteiger partial charge in [-0.25, -0.2) is 9.97 Å². The maximum Gasteiger partial charge on any atom is 0.252 e. The van der Waals surface area contributed by atoms with Gasteiger partial charge in [0.1, 0.15) is 12.4 Å². The Balaban J connectivity index is 1.76. The Kier molecular flexibility index (Phi) is 5.92. The summed E-state index contributed by atoms with van der Waals surface area (Å²) in [5.74, 6) is 0.486. The molecule has 0 aliphatic rings. The van der Waals surface area contributed by atoms with Gasteiger partial charge in [0.15, 0.2) is 0 Å². The number of nitriles is 1. The fraction of sp³-hybridized carbons (Fsp3) is 0.100. The van der Waals surface area contributed by atoms with Crippen LogP contribution in [0.5, 0.6) is 0 Å². The van der Waals surface area contributed by atoms with Crippen molar-refractivity contribution in [2.45, 2.75) is 6.42 Å². The molecule has 1 amide bonds. The van der Waals surface area contributed by atoms with E-state index in [1.165, 1.54) is 3.57 Å². The first kappa shape index (κ1) is 18.0. The van der Waals surface area contributed by atoms with Crippen LogP contribution in [-0.4, -0.2) is 22.4 Å². The van der Waals surface area contributed by atoms with E-state index >= 15 is 0 Å². The summed E-state index contributed by atoms with van der Waals surface area (Å²) in [6, 6.07) is 19.2. The van der Waals surface area contributed by atoms with Crippen molar-refractivity contribution in [1.29, 1.82) is 5.26 Å². The average Bonchev–Trinajstić information content (AvgIpc) is 2.68. The number of nitrogens with zero attached hydrogens (tertiary/aromatic N) is 3. The van der Waals surface area contributed by atoms with Crippen LogP contribution in [0.15, 0.2) is 60.8 Å². The first-order chi connectivity index (χ1) is 12.7. The van der Waals surface area contributed by atoms with Gasteiger partial charge in [-0.2, -0.15) is 5.26 Å². The number of carbonyl (C=O) groups is 1. The van der Waals surface area contributed by atoms with Gasteiger partial charge in [-0.05, 0) is 58.5 Å². The second kappa shape index (κ2) is 8.54. The smallest absolute Gasteiger partial charge is 0.252 e. The molecule has 3 aromatic rings. The number of rotatable bonds is 5. The lowest BCUT2D eigenvalue weighted by Gasteiger charge is -2.06. The molecule has 5 nitrogen and oxygen atoms in total. The molecule has 0 atom stereocenters. The number of hydrogen-bond donors (Lipinski definition) is 1. The number of nitrogens with one attached hydrogen (secondary N) is 1. The summed E-state index contributed by atoms with van der Waals surface area (Å²) >= 11 is 2.28. The summed E-state index contributed by atoms with van der Waals surface area (Å²) in [6.45, 7) is -0.00556. The standard InChI is InChI=1S/C20H15IN4O/c21-17-7-1-14(2-8-17)13-19-23-11-9-18(25-19)15-3-5-16(6-4-15)20(26)24-12-10-22/h1-9,11H,12-13H2,(H,24,26). The highest BCUT2D eigenvalue weighted by atomic mass is 127. The zero-order valence-electron chi connectivity index (χ0n) is 13.8. The monoisotopic (exact) mass is 454 g/mol. The number of benzene rings is 2. The Morgan fingerprint density at radius 1 is 1.08 bits per heavy atom. The highest BCUT2D eigenvalue weighted by molar-refractivity contribution is 14.1. The van der Waals surface area contributed by atoms with Crippen LogP contribution < -0.4 is 5.32 Å². The molecule has 26 heavy (non-hydrogen) atoms. The molecule has 0 saturated heterocycles. The summed E-state index contributed by atoms with van der Waals surface area (Å²) in [7, 11) is 0. The Hall–Kier alpha value is -2.79. The minimum Gasteiger partial charge on any atom is -0.339 e. The molecule has 128 valence electrons. The van der Waals surface area contributed by atoms with Crippen molar-refractivity contribution >= 4 is 28.5 Å². The largest absolute Gasteiger partial charge is 0.339 e. The van der Waals surface area contributed by atoms with Gasteiger partial charge in [0, 0.05) is 27.3 Å². The zero-order chi connectivity index (χ0) is 18.4. The van der Waals surface area contributed by atoms with Gasteiger partial charge in [0.05, 0.1) is 11.8 Å². The second-order valence-corrected chi connectivity index (χ2v) is 6.83. The third-order valence-electron chi connectivity index (χ3n) is 3.75. The van der Waals surface area contributed by atoms with Crippen LogP contribution in [0.1, 0.15) is 21.7 Å². The molecule has 0 spiro atoms. The lowest BCUT2D eigenvalue weighted by Crippen LogP contribution is -2.23. The Labute approximate surface area is 165 Å². The van der Waals surface area contributed by atoms with Crippen LogP contribution in [0.4, 0.5) is 0 Å². The van der Waals surface area contributed by atoms with Gasteiger partial charge < -0.3 is 5.32 Å². The van der Waals surface area contributed by atoms with E-state index in [0.717, 1.165) is 22.6 Å². The predicted molar refractivity (Wildman–Crippen MR) is 107 cm³/mol. The van der Waals surface area contributed by atoms with E-state index in [0.29, 0.717) is 12.0 Å². The topological polar surface area (TPSA) is 78.7 Å². The zero-order valence-corrected chi connectivity index (χ0v) is 16.0. The van der Waals surface area contributed by atoms with Crippen LogP contribution in [0.25, 0.3) is 11.3 Å². The molecule has 0 aliphatic heterocycles. The minimum atomic E-state index is -0.264. The van der Waals surface area contributed by atoms with E-state index in [2.05, 4.69) is 62.1 Å². The van der Waals surface area contributed by atoms with E-state index in [4.69, 9.17) is 5.26 Å².